The van der Waals surface area contributed by atoms with Crippen molar-refractivity contribution in [2.75, 3.05) is 0 Å². The first kappa shape index (κ1) is 12.6. The molecule has 1 N–H and O–H groups in total. The number of hydrogen-bond donors (Lipinski definition) is 1. The van der Waals surface area contributed by atoms with Gasteiger partial charge in [0.15, 0.2) is 6.29 Å². The Morgan fingerprint density at radius 2 is 2.17 bits per heavy atom. The van der Waals surface area contributed by atoms with Crippen LogP contribution in [0.3, 0.4) is 0 Å². The van der Waals surface area contributed by atoms with Crippen LogP contribution < -0.4 is 5.32 Å². The fourth-order valence-electron chi connectivity index (χ4n) is 2.28. The van der Waals surface area contributed by atoms with Crippen LogP contribution in [-0.2, 0) is 0 Å². The first-order valence-electron chi connectivity index (χ1n) is 6.23. The maximum atomic E-state index is 12.1. The molecule has 2 rings (SSSR count). The summed E-state index contributed by atoms with van der Waals surface area (Å²) in [4.78, 5) is 23.0. The van der Waals surface area contributed by atoms with Gasteiger partial charge in [-0.25, -0.2) is 0 Å². The largest absolute Gasteiger partial charge is 0.346 e. The molecular weight excluding hydrogens is 226 g/mol. The summed E-state index contributed by atoms with van der Waals surface area (Å²) in [7, 11) is 0. The molecule has 1 aromatic rings. The Bertz CT molecular complexity index is 491. The molecular formula is C15H17NO2. The van der Waals surface area contributed by atoms with Gasteiger partial charge in [-0.15, -0.1) is 0 Å². The predicted octanol–water partition coefficient (Wildman–Crippen LogP) is 2.73. The molecule has 0 saturated heterocycles. The van der Waals surface area contributed by atoms with Crippen molar-refractivity contribution in [3.05, 3.63) is 47.0 Å². The average molecular weight is 243 g/mol. The number of aldehydes is 1. The summed E-state index contributed by atoms with van der Waals surface area (Å²) >= 11 is 0. The minimum absolute atomic E-state index is 0.0889. The molecule has 0 fully saturated rings. The Morgan fingerprint density at radius 1 is 1.39 bits per heavy atom. The van der Waals surface area contributed by atoms with Crippen LogP contribution in [0.4, 0.5) is 0 Å². The third kappa shape index (κ3) is 2.86. The van der Waals surface area contributed by atoms with E-state index in [9.17, 15) is 9.59 Å². The summed E-state index contributed by atoms with van der Waals surface area (Å²) in [5.41, 5.74) is 2.20. The van der Waals surface area contributed by atoms with Crippen LogP contribution in [0, 0.1) is 0 Å². The Morgan fingerprint density at radius 3 is 2.89 bits per heavy atom. The van der Waals surface area contributed by atoms with E-state index in [1.807, 2.05) is 0 Å². The fourth-order valence-corrected chi connectivity index (χ4v) is 2.28. The van der Waals surface area contributed by atoms with Gasteiger partial charge in [-0.2, -0.15) is 0 Å². The Labute approximate surface area is 107 Å². The molecule has 3 nitrogen and oxygen atoms in total. The number of carbonyl (C=O) groups excluding carboxylic acids is 2. The maximum Gasteiger partial charge on any atom is 0.252 e. The summed E-state index contributed by atoms with van der Waals surface area (Å²) < 4.78 is 0. The van der Waals surface area contributed by atoms with E-state index >= 15 is 0 Å². The lowest BCUT2D eigenvalue weighted by atomic mass is 9.96. The summed E-state index contributed by atoms with van der Waals surface area (Å²) in [5.74, 6) is -0.173. The predicted molar refractivity (Wildman–Crippen MR) is 70.7 cm³/mol. The summed E-state index contributed by atoms with van der Waals surface area (Å²) in [6.07, 6.45) is 5.99. The van der Waals surface area contributed by atoms with Crippen molar-refractivity contribution >= 4 is 12.2 Å². The van der Waals surface area contributed by atoms with E-state index < -0.39 is 0 Å². The van der Waals surface area contributed by atoms with Gasteiger partial charge in [0.05, 0.1) is 0 Å². The van der Waals surface area contributed by atoms with E-state index in [4.69, 9.17) is 0 Å². The van der Waals surface area contributed by atoms with Crippen molar-refractivity contribution in [2.24, 2.45) is 0 Å². The Hall–Kier alpha value is -1.90. The monoisotopic (exact) mass is 243 g/mol. The van der Waals surface area contributed by atoms with E-state index in [2.05, 4.69) is 18.3 Å². The summed E-state index contributed by atoms with van der Waals surface area (Å²) in [5, 5.41) is 2.97. The quantitative estimate of drug-likeness (QED) is 0.655. The second-order valence-corrected chi connectivity index (χ2v) is 4.69. The van der Waals surface area contributed by atoms with Crippen molar-refractivity contribution in [1.29, 1.82) is 0 Å². The molecule has 18 heavy (non-hydrogen) atoms. The van der Waals surface area contributed by atoms with Crippen LogP contribution in [0.1, 0.15) is 46.9 Å². The van der Waals surface area contributed by atoms with Gasteiger partial charge in [-0.05, 0) is 32.3 Å². The zero-order chi connectivity index (χ0) is 13.0. The van der Waals surface area contributed by atoms with Gasteiger partial charge in [0.1, 0.15) is 0 Å². The zero-order valence-corrected chi connectivity index (χ0v) is 10.5. The van der Waals surface area contributed by atoms with Gasteiger partial charge in [0, 0.05) is 17.2 Å². The second kappa shape index (κ2) is 5.63. The summed E-state index contributed by atoms with van der Waals surface area (Å²) in [6.45, 7) is 2.08. The van der Waals surface area contributed by atoms with Crippen molar-refractivity contribution in [2.45, 2.75) is 32.2 Å². The smallest absolute Gasteiger partial charge is 0.252 e. The van der Waals surface area contributed by atoms with Crippen LogP contribution in [0.25, 0.3) is 0 Å². The number of benzene rings is 1. The van der Waals surface area contributed by atoms with Crippen molar-refractivity contribution < 1.29 is 9.59 Å². The summed E-state index contributed by atoms with van der Waals surface area (Å²) in [6, 6.07) is 6.95. The molecule has 1 unspecified atom stereocenters. The van der Waals surface area contributed by atoms with Crippen LogP contribution in [0.5, 0.6) is 0 Å². The third-order valence-electron chi connectivity index (χ3n) is 3.22. The van der Waals surface area contributed by atoms with Gasteiger partial charge >= 0.3 is 0 Å². The average Bonchev–Trinajstić information content (AvgIpc) is 2.38. The minimum Gasteiger partial charge on any atom is -0.346 e. The Kier molecular flexibility index (Phi) is 3.92. The lowest BCUT2D eigenvalue weighted by Crippen LogP contribution is -2.35. The van der Waals surface area contributed by atoms with Crippen molar-refractivity contribution in [3.8, 4) is 0 Å². The molecule has 94 valence electrons. The van der Waals surface area contributed by atoms with E-state index in [1.54, 1.807) is 24.3 Å². The van der Waals surface area contributed by atoms with Gasteiger partial charge < -0.3 is 5.32 Å². The number of amides is 1. The highest BCUT2D eigenvalue weighted by atomic mass is 16.2. The molecule has 0 heterocycles. The van der Waals surface area contributed by atoms with E-state index in [1.165, 1.54) is 5.57 Å². The van der Waals surface area contributed by atoms with Crippen molar-refractivity contribution in [3.63, 3.8) is 0 Å². The highest BCUT2D eigenvalue weighted by Gasteiger charge is 2.16. The highest BCUT2D eigenvalue weighted by Crippen LogP contribution is 2.17. The molecule has 1 aromatic carbocycles. The van der Waals surface area contributed by atoms with Crippen LogP contribution in [-0.4, -0.2) is 18.2 Å². The van der Waals surface area contributed by atoms with Crippen molar-refractivity contribution in [1.82, 2.24) is 5.32 Å². The SMILES string of the molecule is CC1=CC(NC(=O)c2ccccc2C=O)CCC1. The number of nitrogens with one attached hydrogen (secondary N) is 1. The van der Waals surface area contributed by atoms with E-state index in [-0.39, 0.29) is 11.9 Å². The van der Waals surface area contributed by atoms with Gasteiger partial charge in [-0.1, -0.05) is 29.8 Å². The molecule has 0 spiro atoms. The molecule has 1 aliphatic carbocycles. The topological polar surface area (TPSA) is 46.2 Å². The molecule has 0 aliphatic heterocycles. The lowest BCUT2D eigenvalue weighted by Gasteiger charge is -2.21. The third-order valence-corrected chi connectivity index (χ3v) is 3.22. The first-order chi connectivity index (χ1) is 8.70. The molecule has 1 amide bonds. The van der Waals surface area contributed by atoms with Gasteiger partial charge in [0.2, 0.25) is 0 Å². The Balaban J connectivity index is 2.12. The van der Waals surface area contributed by atoms with E-state index in [0.29, 0.717) is 11.1 Å². The van der Waals surface area contributed by atoms with E-state index in [0.717, 1.165) is 25.5 Å². The molecule has 1 atom stereocenters. The zero-order valence-electron chi connectivity index (χ0n) is 10.5. The van der Waals surface area contributed by atoms with Crippen LogP contribution >= 0.6 is 0 Å². The number of hydrogen-bond acceptors (Lipinski definition) is 2. The van der Waals surface area contributed by atoms with Gasteiger partial charge in [0.25, 0.3) is 5.91 Å². The molecule has 0 saturated carbocycles. The number of carbonyl (C=O) groups is 2. The normalized spacial score (nSPS) is 18.9. The standard InChI is InChI=1S/C15H17NO2/c1-11-5-4-7-13(9-11)16-15(18)14-8-3-2-6-12(14)10-17/h2-3,6,8-10,13H,4-5,7H2,1H3,(H,16,18). The minimum atomic E-state index is -0.173. The molecule has 0 aromatic heterocycles. The second-order valence-electron chi connectivity index (χ2n) is 4.69. The molecule has 0 bridgehead atoms. The molecule has 1 aliphatic rings. The highest BCUT2D eigenvalue weighted by molar-refractivity contribution is 6.01. The maximum absolute atomic E-state index is 12.1. The fraction of sp³-hybridized carbons (Fsp3) is 0.333. The number of rotatable bonds is 3. The van der Waals surface area contributed by atoms with Crippen LogP contribution in [0.2, 0.25) is 0 Å². The number of allylic oxidation sites excluding steroid dienone is 1. The van der Waals surface area contributed by atoms with Gasteiger partial charge in [-0.3, -0.25) is 9.59 Å². The lowest BCUT2D eigenvalue weighted by molar-refractivity contribution is 0.0936. The first-order valence-corrected chi connectivity index (χ1v) is 6.23. The van der Waals surface area contributed by atoms with Crippen LogP contribution in [0.15, 0.2) is 35.9 Å². The molecule has 3 heteroatoms. The molecule has 0 radical (unpaired) electrons.